The average molecular weight is 248 g/mol. The van der Waals surface area contributed by atoms with E-state index in [0.717, 1.165) is 11.4 Å². The van der Waals surface area contributed by atoms with Gasteiger partial charge in [-0.2, -0.15) is 0 Å². The molecule has 2 rings (SSSR count). The van der Waals surface area contributed by atoms with E-state index in [1.807, 2.05) is 6.20 Å². The molecule has 1 saturated heterocycles. The Morgan fingerprint density at radius 3 is 2.94 bits per heavy atom. The molecule has 1 aromatic heterocycles. The summed E-state index contributed by atoms with van der Waals surface area (Å²) >= 11 is 0. The van der Waals surface area contributed by atoms with Crippen molar-refractivity contribution in [2.75, 3.05) is 20.2 Å². The summed E-state index contributed by atoms with van der Waals surface area (Å²) in [5.41, 5.74) is 2.48. The Bertz CT molecular complexity index is 390. The van der Waals surface area contributed by atoms with Crippen molar-refractivity contribution in [1.29, 1.82) is 0 Å². The third-order valence-electron chi connectivity index (χ3n) is 3.75. The number of ether oxygens (including phenoxy) is 1. The van der Waals surface area contributed by atoms with Crippen LogP contribution in [-0.2, 0) is 0 Å². The molecular formula is C15H24N2O. The number of rotatable bonds is 4. The van der Waals surface area contributed by atoms with Gasteiger partial charge in [0.25, 0.3) is 0 Å². The van der Waals surface area contributed by atoms with Crippen LogP contribution in [0.4, 0.5) is 0 Å². The molecule has 100 valence electrons. The molecule has 1 aromatic rings. The summed E-state index contributed by atoms with van der Waals surface area (Å²) in [6.07, 6.45) is 7.13. The van der Waals surface area contributed by atoms with Crippen molar-refractivity contribution in [2.45, 2.75) is 45.6 Å². The predicted molar refractivity (Wildman–Crippen MR) is 74.0 cm³/mol. The summed E-state index contributed by atoms with van der Waals surface area (Å²) < 4.78 is 5.24. The Labute approximate surface area is 110 Å². The molecular weight excluding hydrogens is 224 g/mol. The van der Waals surface area contributed by atoms with Gasteiger partial charge in [-0.05, 0) is 50.9 Å². The third-order valence-corrected chi connectivity index (χ3v) is 3.75. The van der Waals surface area contributed by atoms with Gasteiger partial charge in [0.1, 0.15) is 0 Å². The largest absolute Gasteiger partial charge is 0.481 e. The number of hydrogen-bond donors (Lipinski definition) is 0. The fourth-order valence-corrected chi connectivity index (χ4v) is 2.90. The molecule has 0 aromatic carbocycles. The minimum atomic E-state index is 0.552. The Morgan fingerprint density at radius 1 is 1.44 bits per heavy atom. The van der Waals surface area contributed by atoms with Crippen molar-refractivity contribution >= 4 is 0 Å². The molecule has 0 N–H and O–H groups in total. The molecule has 0 aliphatic carbocycles. The lowest BCUT2D eigenvalue weighted by atomic mass is 9.95. The van der Waals surface area contributed by atoms with Crippen LogP contribution in [0.25, 0.3) is 0 Å². The number of piperidine rings is 1. The van der Waals surface area contributed by atoms with E-state index in [2.05, 4.69) is 29.8 Å². The van der Waals surface area contributed by atoms with Crippen molar-refractivity contribution in [3.8, 4) is 5.88 Å². The molecule has 1 fully saturated rings. The van der Waals surface area contributed by atoms with Gasteiger partial charge in [-0.3, -0.25) is 4.90 Å². The van der Waals surface area contributed by atoms with E-state index in [9.17, 15) is 0 Å². The van der Waals surface area contributed by atoms with Gasteiger partial charge in [-0.1, -0.05) is 13.3 Å². The quantitative estimate of drug-likeness (QED) is 0.817. The topological polar surface area (TPSA) is 25.4 Å². The summed E-state index contributed by atoms with van der Waals surface area (Å²) in [7, 11) is 1.68. The number of aromatic nitrogens is 1. The number of nitrogens with zero attached hydrogens (tertiary/aromatic N) is 2. The van der Waals surface area contributed by atoms with Gasteiger partial charge >= 0.3 is 0 Å². The molecule has 0 radical (unpaired) electrons. The van der Waals surface area contributed by atoms with Gasteiger partial charge in [0, 0.05) is 17.8 Å². The first-order valence-electron chi connectivity index (χ1n) is 7.00. The van der Waals surface area contributed by atoms with Gasteiger partial charge in [-0.15, -0.1) is 0 Å². The van der Waals surface area contributed by atoms with E-state index in [4.69, 9.17) is 4.74 Å². The summed E-state index contributed by atoms with van der Waals surface area (Å²) in [6, 6.07) is 2.79. The minimum Gasteiger partial charge on any atom is -0.481 e. The highest BCUT2D eigenvalue weighted by Crippen LogP contribution is 2.32. The zero-order chi connectivity index (χ0) is 13.0. The van der Waals surface area contributed by atoms with Crippen LogP contribution in [0.3, 0.4) is 0 Å². The highest BCUT2D eigenvalue weighted by molar-refractivity contribution is 5.30. The van der Waals surface area contributed by atoms with E-state index >= 15 is 0 Å². The van der Waals surface area contributed by atoms with Crippen LogP contribution in [0.15, 0.2) is 12.3 Å². The number of methoxy groups -OCH3 is 1. The molecule has 1 aliphatic rings. The van der Waals surface area contributed by atoms with Gasteiger partial charge in [0.2, 0.25) is 5.88 Å². The molecule has 1 aliphatic heterocycles. The average Bonchev–Trinajstić information content (AvgIpc) is 2.40. The van der Waals surface area contributed by atoms with Crippen LogP contribution in [0.2, 0.25) is 0 Å². The van der Waals surface area contributed by atoms with E-state index < -0.39 is 0 Å². The van der Waals surface area contributed by atoms with Crippen LogP contribution in [0, 0.1) is 6.92 Å². The first-order chi connectivity index (χ1) is 8.76. The fraction of sp³-hybridized carbons (Fsp3) is 0.667. The van der Waals surface area contributed by atoms with Crippen LogP contribution < -0.4 is 4.74 Å². The standard InChI is InChI=1S/C15H24N2O/c1-4-8-17-9-6-5-7-14(17)13-10-12(2)15(18-3)16-11-13/h10-11,14H,4-9H2,1-3H3/t14-/m1/s1. The van der Waals surface area contributed by atoms with Crippen molar-refractivity contribution in [3.63, 3.8) is 0 Å². The fourth-order valence-electron chi connectivity index (χ4n) is 2.90. The summed E-state index contributed by atoms with van der Waals surface area (Å²) in [5, 5.41) is 0. The Hall–Kier alpha value is -1.09. The van der Waals surface area contributed by atoms with Crippen molar-refractivity contribution in [1.82, 2.24) is 9.88 Å². The Kier molecular flexibility index (Phi) is 4.59. The lowest BCUT2D eigenvalue weighted by Gasteiger charge is -2.35. The predicted octanol–water partition coefficient (Wildman–Crippen LogP) is 3.34. The normalized spacial score (nSPS) is 20.9. The molecule has 0 saturated carbocycles. The third kappa shape index (κ3) is 2.83. The van der Waals surface area contributed by atoms with E-state index in [-0.39, 0.29) is 0 Å². The lowest BCUT2D eigenvalue weighted by Crippen LogP contribution is -2.34. The summed E-state index contributed by atoms with van der Waals surface area (Å²) in [5.74, 6) is 0.747. The monoisotopic (exact) mass is 248 g/mol. The molecule has 1 atom stereocenters. The molecule has 0 spiro atoms. The number of likely N-dealkylation sites (tertiary alicyclic amines) is 1. The molecule has 0 bridgehead atoms. The van der Waals surface area contributed by atoms with Crippen molar-refractivity contribution in [3.05, 3.63) is 23.4 Å². The summed E-state index contributed by atoms with van der Waals surface area (Å²) in [4.78, 5) is 7.02. The lowest BCUT2D eigenvalue weighted by molar-refractivity contribution is 0.148. The Balaban J connectivity index is 2.19. The van der Waals surface area contributed by atoms with Crippen molar-refractivity contribution < 1.29 is 4.74 Å². The first kappa shape index (κ1) is 13.3. The Morgan fingerprint density at radius 2 is 2.28 bits per heavy atom. The van der Waals surface area contributed by atoms with Gasteiger partial charge in [0.05, 0.1) is 7.11 Å². The second kappa shape index (κ2) is 6.19. The highest BCUT2D eigenvalue weighted by atomic mass is 16.5. The van der Waals surface area contributed by atoms with Crippen LogP contribution in [-0.4, -0.2) is 30.1 Å². The number of hydrogen-bond acceptors (Lipinski definition) is 3. The van der Waals surface area contributed by atoms with Gasteiger partial charge in [0.15, 0.2) is 0 Å². The maximum absolute atomic E-state index is 5.24. The molecule has 0 unspecified atom stereocenters. The maximum atomic E-state index is 5.24. The van der Waals surface area contributed by atoms with Crippen LogP contribution >= 0.6 is 0 Å². The molecule has 3 nitrogen and oxygen atoms in total. The zero-order valence-corrected chi connectivity index (χ0v) is 11.8. The summed E-state index contributed by atoms with van der Waals surface area (Å²) in [6.45, 7) is 6.74. The van der Waals surface area contributed by atoms with E-state index in [1.54, 1.807) is 7.11 Å². The molecule has 3 heteroatoms. The smallest absolute Gasteiger partial charge is 0.215 e. The van der Waals surface area contributed by atoms with Gasteiger partial charge < -0.3 is 4.74 Å². The SMILES string of the molecule is CCCN1CCCC[C@@H]1c1cnc(OC)c(C)c1. The number of pyridine rings is 1. The molecule has 18 heavy (non-hydrogen) atoms. The zero-order valence-electron chi connectivity index (χ0n) is 11.8. The second-order valence-electron chi connectivity index (χ2n) is 5.14. The molecule has 0 amide bonds. The van der Waals surface area contributed by atoms with Crippen molar-refractivity contribution in [2.24, 2.45) is 0 Å². The highest BCUT2D eigenvalue weighted by Gasteiger charge is 2.23. The van der Waals surface area contributed by atoms with E-state index in [0.29, 0.717) is 6.04 Å². The number of aryl methyl sites for hydroxylation is 1. The maximum Gasteiger partial charge on any atom is 0.215 e. The van der Waals surface area contributed by atoms with Crippen LogP contribution in [0.5, 0.6) is 5.88 Å². The molecule has 2 heterocycles. The second-order valence-corrected chi connectivity index (χ2v) is 5.14. The van der Waals surface area contributed by atoms with Crippen LogP contribution in [0.1, 0.15) is 49.8 Å². The van der Waals surface area contributed by atoms with E-state index in [1.165, 1.54) is 44.3 Å². The minimum absolute atomic E-state index is 0.552. The first-order valence-corrected chi connectivity index (χ1v) is 7.00. The van der Waals surface area contributed by atoms with Gasteiger partial charge in [-0.25, -0.2) is 4.98 Å².